The van der Waals surface area contributed by atoms with Gasteiger partial charge in [-0.15, -0.1) is 26.6 Å². The molecule has 3 heterocycles. The Morgan fingerprint density at radius 3 is 2.72 bits per heavy atom. The van der Waals surface area contributed by atoms with Gasteiger partial charge in [0.1, 0.15) is 11.6 Å². The Kier molecular flexibility index (Phi) is 4.15. The molecule has 0 radical (unpaired) electrons. The molecule has 1 aromatic carbocycles. The molecule has 0 unspecified atom stereocenters. The van der Waals surface area contributed by atoms with Crippen LogP contribution in [-0.4, -0.2) is 26.4 Å². The van der Waals surface area contributed by atoms with Crippen LogP contribution in [0.4, 0.5) is 10.2 Å². The molecule has 0 saturated heterocycles. The van der Waals surface area contributed by atoms with Crippen LogP contribution in [0.1, 0.15) is 11.8 Å². The van der Waals surface area contributed by atoms with E-state index in [1.807, 2.05) is 18.2 Å². The molecule has 7 heteroatoms. The fourth-order valence-electron chi connectivity index (χ4n) is 2.70. The molecule has 3 aromatic heterocycles. The number of rotatable bonds is 5. The average molecular weight is 353 g/mol. The lowest BCUT2D eigenvalue weighted by atomic mass is 10.2. The number of anilines is 1. The van der Waals surface area contributed by atoms with Gasteiger partial charge < -0.3 is 4.90 Å². The number of hydrogen-bond acceptors (Lipinski definition) is 5. The lowest BCUT2D eigenvalue weighted by Crippen LogP contribution is -2.23. The van der Waals surface area contributed by atoms with Gasteiger partial charge in [0.2, 0.25) is 0 Å². The van der Waals surface area contributed by atoms with E-state index < -0.39 is 0 Å². The van der Waals surface area contributed by atoms with Gasteiger partial charge >= 0.3 is 0 Å². The van der Waals surface area contributed by atoms with Crippen LogP contribution < -0.4 is 4.90 Å². The van der Waals surface area contributed by atoms with Crippen LogP contribution in [0.3, 0.4) is 0 Å². The van der Waals surface area contributed by atoms with E-state index in [4.69, 9.17) is 0 Å². The summed E-state index contributed by atoms with van der Waals surface area (Å²) in [6.07, 6.45) is 0. The highest BCUT2D eigenvalue weighted by Crippen LogP contribution is 2.23. The van der Waals surface area contributed by atoms with Crippen molar-refractivity contribution in [3.8, 4) is 11.4 Å². The van der Waals surface area contributed by atoms with E-state index in [-0.39, 0.29) is 5.82 Å². The minimum Gasteiger partial charge on any atom is -0.350 e. The normalized spacial score (nSPS) is 11.1. The molecule has 0 saturated carbocycles. The SMILES string of the molecule is CCN(Cc1cccs1)c1ccc2nnc(-c3ccccc3F)n2n1. The molecular formula is C18H16FN5S. The molecule has 4 rings (SSSR count). The molecule has 0 amide bonds. The van der Waals surface area contributed by atoms with Gasteiger partial charge in [-0.3, -0.25) is 0 Å². The lowest BCUT2D eigenvalue weighted by molar-refractivity contribution is 0.629. The highest BCUT2D eigenvalue weighted by molar-refractivity contribution is 7.09. The third-order valence-electron chi connectivity index (χ3n) is 4.00. The lowest BCUT2D eigenvalue weighted by Gasteiger charge is -2.21. The number of thiophene rings is 1. The third-order valence-corrected chi connectivity index (χ3v) is 4.86. The van der Waals surface area contributed by atoms with Crippen molar-refractivity contribution in [3.63, 3.8) is 0 Å². The highest BCUT2D eigenvalue weighted by Gasteiger charge is 2.15. The van der Waals surface area contributed by atoms with Crippen molar-refractivity contribution in [1.29, 1.82) is 0 Å². The Labute approximate surface area is 148 Å². The zero-order valence-electron chi connectivity index (χ0n) is 13.6. The van der Waals surface area contributed by atoms with E-state index in [1.165, 1.54) is 10.9 Å². The molecule has 0 aliphatic rings. The first-order valence-electron chi connectivity index (χ1n) is 8.01. The highest BCUT2D eigenvalue weighted by atomic mass is 32.1. The minimum atomic E-state index is -0.338. The average Bonchev–Trinajstić information content (AvgIpc) is 3.29. The summed E-state index contributed by atoms with van der Waals surface area (Å²) in [4.78, 5) is 3.43. The summed E-state index contributed by atoms with van der Waals surface area (Å²) in [5, 5.41) is 15.0. The Hall–Kier alpha value is -2.80. The largest absolute Gasteiger partial charge is 0.350 e. The Morgan fingerprint density at radius 2 is 1.96 bits per heavy atom. The number of fused-ring (bicyclic) bond motifs is 1. The number of halogens is 1. The predicted octanol–water partition coefficient (Wildman–Crippen LogP) is 4.02. The second-order valence-electron chi connectivity index (χ2n) is 5.56. The van der Waals surface area contributed by atoms with E-state index in [1.54, 1.807) is 34.1 Å². The van der Waals surface area contributed by atoms with Crippen LogP contribution in [0, 0.1) is 5.82 Å². The first-order chi connectivity index (χ1) is 12.3. The summed E-state index contributed by atoms with van der Waals surface area (Å²) in [5.74, 6) is 0.873. The summed E-state index contributed by atoms with van der Waals surface area (Å²) >= 11 is 1.72. The van der Waals surface area contributed by atoms with Gasteiger partial charge in [-0.2, -0.15) is 4.52 Å². The number of hydrogen-bond donors (Lipinski definition) is 0. The topological polar surface area (TPSA) is 46.3 Å². The maximum Gasteiger partial charge on any atom is 0.188 e. The van der Waals surface area contributed by atoms with Crippen LogP contribution in [0.2, 0.25) is 0 Å². The van der Waals surface area contributed by atoms with Gasteiger partial charge in [0.25, 0.3) is 0 Å². The fourth-order valence-corrected chi connectivity index (χ4v) is 3.42. The van der Waals surface area contributed by atoms with Crippen molar-refractivity contribution in [2.24, 2.45) is 0 Å². The summed E-state index contributed by atoms with van der Waals surface area (Å²) in [5.41, 5.74) is 0.982. The summed E-state index contributed by atoms with van der Waals surface area (Å²) in [6, 6.07) is 14.5. The van der Waals surface area contributed by atoms with Gasteiger partial charge in [0.05, 0.1) is 12.1 Å². The maximum atomic E-state index is 14.1. The van der Waals surface area contributed by atoms with Crippen molar-refractivity contribution in [1.82, 2.24) is 19.8 Å². The Bertz CT molecular complexity index is 996. The van der Waals surface area contributed by atoms with Crippen LogP contribution >= 0.6 is 11.3 Å². The summed E-state index contributed by atoms with van der Waals surface area (Å²) < 4.78 is 15.7. The summed E-state index contributed by atoms with van der Waals surface area (Å²) in [7, 11) is 0. The van der Waals surface area contributed by atoms with E-state index >= 15 is 0 Å². The molecule has 0 aliphatic heterocycles. The van der Waals surface area contributed by atoms with Crippen LogP contribution in [0.25, 0.3) is 17.0 Å². The molecule has 0 bridgehead atoms. The Balaban J connectivity index is 1.76. The van der Waals surface area contributed by atoms with E-state index in [0.717, 1.165) is 18.9 Å². The van der Waals surface area contributed by atoms with Gasteiger partial charge in [0.15, 0.2) is 11.5 Å². The molecule has 0 fully saturated rings. The minimum absolute atomic E-state index is 0.338. The second-order valence-corrected chi connectivity index (χ2v) is 6.59. The molecule has 5 nitrogen and oxygen atoms in total. The van der Waals surface area contributed by atoms with E-state index in [9.17, 15) is 4.39 Å². The number of benzene rings is 1. The van der Waals surface area contributed by atoms with Gasteiger partial charge in [-0.25, -0.2) is 4.39 Å². The monoisotopic (exact) mass is 353 g/mol. The molecule has 126 valence electrons. The van der Waals surface area contributed by atoms with Crippen molar-refractivity contribution >= 4 is 22.8 Å². The molecule has 0 spiro atoms. The first kappa shape index (κ1) is 15.7. The van der Waals surface area contributed by atoms with Crippen molar-refractivity contribution in [3.05, 3.63) is 64.6 Å². The second kappa shape index (κ2) is 6.60. The van der Waals surface area contributed by atoms with E-state index in [0.29, 0.717) is 17.0 Å². The maximum absolute atomic E-state index is 14.1. The zero-order valence-corrected chi connectivity index (χ0v) is 14.4. The van der Waals surface area contributed by atoms with Crippen LogP contribution in [0.5, 0.6) is 0 Å². The predicted molar refractivity (Wildman–Crippen MR) is 97.2 cm³/mol. The number of aromatic nitrogens is 4. The van der Waals surface area contributed by atoms with Crippen molar-refractivity contribution < 1.29 is 4.39 Å². The molecular weight excluding hydrogens is 337 g/mol. The standard InChI is InChI=1S/C18H16FN5S/c1-2-23(12-13-6-5-11-25-13)17-10-9-16-20-21-18(24(16)22-17)14-7-3-4-8-15(14)19/h3-11H,2,12H2,1H3. The Morgan fingerprint density at radius 1 is 1.08 bits per heavy atom. The number of nitrogens with zero attached hydrogens (tertiary/aromatic N) is 5. The molecule has 0 aliphatic carbocycles. The molecule has 0 N–H and O–H groups in total. The van der Waals surface area contributed by atoms with Crippen LogP contribution in [-0.2, 0) is 6.54 Å². The van der Waals surface area contributed by atoms with Crippen molar-refractivity contribution in [2.75, 3.05) is 11.4 Å². The third kappa shape index (κ3) is 2.98. The first-order valence-corrected chi connectivity index (χ1v) is 8.89. The van der Waals surface area contributed by atoms with E-state index in [2.05, 4.69) is 38.6 Å². The zero-order chi connectivity index (χ0) is 17.2. The van der Waals surface area contributed by atoms with Gasteiger partial charge in [-0.05, 0) is 42.6 Å². The molecule has 4 aromatic rings. The molecule has 25 heavy (non-hydrogen) atoms. The quantitative estimate of drug-likeness (QED) is 0.544. The molecule has 0 atom stereocenters. The van der Waals surface area contributed by atoms with Gasteiger partial charge in [0, 0.05) is 11.4 Å². The summed E-state index contributed by atoms with van der Waals surface area (Å²) in [6.45, 7) is 3.68. The fraction of sp³-hybridized carbons (Fsp3) is 0.167. The van der Waals surface area contributed by atoms with Crippen LogP contribution in [0.15, 0.2) is 53.9 Å². The smallest absolute Gasteiger partial charge is 0.188 e. The van der Waals surface area contributed by atoms with Crippen molar-refractivity contribution in [2.45, 2.75) is 13.5 Å². The van der Waals surface area contributed by atoms with Gasteiger partial charge in [-0.1, -0.05) is 18.2 Å².